The van der Waals surface area contributed by atoms with Gasteiger partial charge in [-0.25, -0.2) is 0 Å². The Morgan fingerprint density at radius 1 is 1.23 bits per heavy atom. The highest BCUT2D eigenvalue weighted by atomic mass is 16.6. The zero-order chi connectivity index (χ0) is 9.52. The highest BCUT2D eigenvalue weighted by Crippen LogP contribution is 2.02. The Kier molecular flexibility index (Phi) is 4.03. The lowest BCUT2D eigenvalue weighted by Gasteiger charge is -1.94. The van der Waals surface area contributed by atoms with E-state index in [0.29, 0.717) is 19.2 Å². The van der Waals surface area contributed by atoms with E-state index < -0.39 is 0 Å². The Hall–Kier alpha value is -1.31. The molecule has 0 heterocycles. The second-order valence-corrected chi connectivity index (χ2v) is 2.52. The van der Waals surface area contributed by atoms with Crippen molar-refractivity contribution < 1.29 is 9.16 Å². The summed E-state index contributed by atoms with van der Waals surface area (Å²) in [5, 5.41) is 0. The summed E-state index contributed by atoms with van der Waals surface area (Å²) in [4.78, 5) is 0. The van der Waals surface area contributed by atoms with Crippen molar-refractivity contribution in [3.63, 3.8) is 0 Å². The van der Waals surface area contributed by atoms with Crippen LogP contribution in [0.4, 0.5) is 0 Å². The van der Waals surface area contributed by atoms with Crippen LogP contribution in [0.5, 0.6) is 0 Å². The van der Waals surface area contributed by atoms with Gasteiger partial charge in [0.2, 0.25) is 0 Å². The molecule has 1 aromatic rings. The maximum absolute atomic E-state index is 5.36. The third-order valence-corrected chi connectivity index (χ3v) is 1.56. The first-order chi connectivity index (χ1) is 6.38. The molecule has 13 heavy (non-hydrogen) atoms. The summed E-state index contributed by atoms with van der Waals surface area (Å²) in [6.45, 7) is 5.15. The highest BCUT2D eigenvalue weighted by molar-refractivity contribution is 5.89. The fourth-order valence-electron chi connectivity index (χ4n) is 1.04. The second kappa shape index (κ2) is 5.36. The van der Waals surface area contributed by atoms with Crippen LogP contribution in [-0.2, 0) is 4.74 Å². The fraction of sp³-hybridized carbons (Fsp3) is 0.364. The van der Waals surface area contributed by atoms with Gasteiger partial charge < -0.3 is 9.16 Å². The van der Waals surface area contributed by atoms with Gasteiger partial charge in [0.25, 0.3) is 0 Å². The molecule has 0 aromatic heterocycles. The number of hydrogen-bond acceptors (Lipinski definition) is 1. The van der Waals surface area contributed by atoms with E-state index in [1.54, 1.807) is 0 Å². The smallest absolute Gasteiger partial charge is 0.318 e. The molecule has 0 unspecified atom stereocenters. The van der Waals surface area contributed by atoms with Crippen LogP contribution in [0.2, 0.25) is 0 Å². The molecule has 0 aliphatic rings. The predicted octanol–water partition coefficient (Wildman–Crippen LogP) is 2.42. The number of esters is 1. The molecular formula is C11H15O2+. The monoisotopic (exact) mass is 179 g/mol. The van der Waals surface area contributed by atoms with Crippen molar-refractivity contribution in [1.29, 1.82) is 0 Å². The molecule has 0 atom stereocenters. The molecule has 0 N–H and O–H groups in total. The van der Waals surface area contributed by atoms with Crippen LogP contribution in [-0.4, -0.2) is 19.2 Å². The summed E-state index contributed by atoms with van der Waals surface area (Å²) < 4.78 is 10.7. The maximum Gasteiger partial charge on any atom is 0.519 e. The molecule has 2 heteroatoms. The van der Waals surface area contributed by atoms with Crippen LogP contribution in [0.25, 0.3) is 0 Å². The molecule has 1 rings (SSSR count). The normalized spacial score (nSPS) is 11.4. The van der Waals surface area contributed by atoms with Gasteiger partial charge in [-0.1, -0.05) is 18.2 Å². The zero-order valence-corrected chi connectivity index (χ0v) is 8.12. The lowest BCUT2D eigenvalue weighted by atomic mass is 10.2. The lowest BCUT2D eigenvalue weighted by Crippen LogP contribution is -2.07. The van der Waals surface area contributed by atoms with Crippen molar-refractivity contribution in [1.82, 2.24) is 0 Å². The van der Waals surface area contributed by atoms with E-state index in [1.807, 2.05) is 44.2 Å². The van der Waals surface area contributed by atoms with Gasteiger partial charge in [-0.2, -0.15) is 0 Å². The summed E-state index contributed by atoms with van der Waals surface area (Å²) in [6, 6.07) is 9.85. The Morgan fingerprint density at radius 2 is 1.92 bits per heavy atom. The first-order valence-corrected chi connectivity index (χ1v) is 4.56. The molecule has 0 saturated heterocycles. The van der Waals surface area contributed by atoms with E-state index in [0.717, 1.165) is 5.56 Å². The standard InChI is InChI=1S/C11H15O2/c1-3-12-11(13-4-2)10-8-6-5-7-9-10/h5-9H,3-4H2,1-2H3/q+1. The van der Waals surface area contributed by atoms with E-state index in [2.05, 4.69) is 0 Å². The van der Waals surface area contributed by atoms with Crippen LogP contribution < -0.4 is 0 Å². The minimum Gasteiger partial charge on any atom is -0.318 e. The lowest BCUT2D eigenvalue weighted by molar-refractivity contribution is -0.278. The summed E-state index contributed by atoms with van der Waals surface area (Å²) in [5.74, 6) is 0.616. The summed E-state index contributed by atoms with van der Waals surface area (Å²) in [5.41, 5.74) is 0.992. The summed E-state index contributed by atoms with van der Waals surface area (Å²) >= 11 is 0. The first kappa shape index (κ1) is 9.78. The van der Waals surface area contributed by atoms with Crippen molar-refractivity contribution in [2.24, 2.45) is 0 Å². The Balaban J connectivity index is 2.83. The molecule has 70 valence electrons. The van der Waals surface area contributed by atoms with Crippen LogP contribution in [0.1, 0.15) is 23.8 Å². The molecule has 2 nitrogen and oxygen atoms in total. The molecule has 0 bridgehead atoms. The summed E-state index contributed by atoms with van der Waals surface area (Å²) in [7, 11) is 0. The molecule has 0 saturated carbocycles. The fourth-order valence-corrected chi connectivity index (χ4v) is 1.04. The van der Waals surface area contributed by atoms with Gasteiger partial charge in [0, 0.05) is 0 Å². The van der Waals surface area contributed by atoms with Crippen LogP contribution in [0, 0.1) is 0 Å². The highest BCUT2D eigenvalue weighted by Gasteiger charge is 2.15. The molecule has 0 radical (unpaired) electrons. The van der Waals surface area contributed by atoms with Gasteiger partial charge in [-0.3, -0.25) is 0 Å². The number of hydrogen-bond donors (Lipinski definition) is 0. The van der Waals surface area contributed by atoms with Gasteiger partial charge in [0.05, 0.1) is 0 Å². The Morgan fingerprint density at radius 3 is 2.46 bits per heavy atom. The maximum atomic E-state index is 5.36. The topological polar surface area (TPSA) is 20.5 Å². The van der Waals surface area contributed by atoms with Gasteiger partial charge in [0.15, 0.2) is 13.2 Å². The van der Waals surface area contributed by atoms with Crippen molar-refractivity contribution in [3.8, 4) is 0 Å². The SMILES string of the molecule is CCOC(=[O+]CC)c1ccccc1. The predicted molar refractivity (Wildman–Crippen MR) is 52.9 cm³/mol. The zero-order valence-electron chi connectivity index (χ0n) is 8.12. The molecule has 1 aromatic carbocycles. The molecule has 0 aliphatic heterocycles. The number of ether oxygens (including phenoxy) is 1. The van der Waals surface area contributed by atoms with E-state index in [-0.39, 0.29) is 0 Å². The Bertz CT molecular complexity index is 265. The molecule has 0 fully saturated rings. The van der Waals surface area contributed by atoms with Crippen LogP contribution in [0.3, 0.4) is 0 Å². The van der Waals surface area contributed by atoms with Crippen molar-refractivity contribution >= 4 is 5.97 Å². The number of rotatable bonds is 3. The van der Waals surface area contributed by atoms with E-state index in [9.17, 15) is 0 Å². The second-order valence-electron chi connectivity index (χ2n) is 2.52. The molecule has 0 spiro atoms. The van der Waals surface area contributed by atoms with E-state index >= 15 is 0 Å². The third-order valence-electron chi connectivity index (χ3n) is 1.56. The largest absolute Gasteiger partial charge is 0.519 e. The van der Waals surface area contributed by atoms with Crippen molar-refractivity contribution in [3.05, 3.63) is 35.9 Å². The number of carbonyl (C=O) groups excluding carboxylic acids is 1. The Labute approximate surface area is 78.9 Å². The molecule has 0 aliphatic carbocycles. The van der Waals surface area contributed by atoms with Crippen LogP contribution >= 0.6 is 0 Å². The van der Waals surface area contributed by atoms with Gasteiger partial charge in [0.1, 0.15) is 5.56 Å². The minimum atomic E-state index is 0.616. The van der Waals surface area contributed by atoms with Gasteiger partial charge in [-0.05, 0) is 26.0 Å². The quantitative estimate of drug-likeness (QED) is 0.515. The van der Waals surface area contributed by atoms with Crippen LogP contribution in [0.15, 0.2) is 30.3 Å². The molecule has 0 amide bonds. The first-order valence-electron chi connectivity index (χ1n) is 4.56. The van der Waals surface area contributed by atoms with E-state index in [1.165, 1.54) is 0 Å². The third kappa shape index (κ3) is 2.90. The average molecular weight is 179 g/mol. The minimum absolute atomic E-state index is 0.616. The van der Waals surface area contributed by atoms with Crippen molar-refractivity contribution in [2.75, 3.05) is 13.2 Å². The van der Waals surface area contributed by atoms with Gasteiger partial charge in [-0.15, -0.1) is 0 Å². The van der Waals surface area contributed by atoms with Gasteiger partial charge >= 0.3 is 5.97 Å². The van der Waals surface area contributed by atoms with E-state index in [4.69, 9.17) is 9.16 Å². The molecular weight excluding hydrogens is 164 g/mol. The average Bonchev–Trinajstić information content (AvgIpc) is 2.19. The number of benzene rings is 1. The summed E-state index contributed by atoms with van der Waals surface area (Å²) in [6.07, 6.45) is 0. The van der Waals surface area contributed by atoms with Crippen molar-refractivity contribution in [2.45, 2.75) is 13.8 Å².